The molecule has 3 rings (SSSR count). The summed E-state index contributed by atoms with van der Waals surface area (Å²) in [4.78, 5) is 18.3. The number of nitrogens with one attached hydrogen (secondary N) is 1. The minimum Gasteiger partial charge on any atom is -0.347 e. The summed E-state index contributed by atoms with van der Waals surface area (Å²) in [5.74, 6) is -0.165. The molecular formula is C19H22N4OS. The lowest BCUT2D eigenvalue weighted by Gasteiger charge is -2.23. The Labute approximate surface area is 152 Å². The van der Waals surface area contributed by atoms with Crippen molar-refractivity contribution < 1.29 is 4.79 Å². The first kappa shape index (κ1) is 17.4. The zero-order valence-electron chi connectivity index (χ0n) is 14.9. The summed E-state index contributed by atoms with van der Waals surface area (Å²) < 4.78 is 0. The second-order valence-electron chi connectivity index (χ2n) is 6.60. The van der Waals surface area contributed by atoms with Crippen LogP contribution >= 0.6 is 11.3 Å². The molecule has 0 saturated heterocycles. The number of hydrazone groups is 1. The summed E-state index contributed by atoms with van der Waals surface area (Å²) in [6, 6.07) is 8.38. The fourth-order valence-electron chi connectivity index (χ4n) is 3.21. The Morgan fingerprint density at radius 2 is 2.16 bits per heavy atom. The summed E-state index contributed by atoms with van der Waals surface area (Å²) in [6.45, 7) is 6.31. The molecule has 6 heteroatoms. The van der Waals surface area contributed by atoms with Crippen LogP contribution in [0.3, 0.4) is 0 Å². The highest BCUT2D eigenvalue weighted by molar-refractivity contribution is 7.09. The molecule has 0 spiro atoms. The number of anilines is 1. The number of thiazole rings is 1. The maximum atomic E-state index is 11.9. The maximum absolute atomic E-state index is 11.9. The van der Waals surface area contributed by atoms with E-state index in [1.54, 1.807) is 17.6 Å². The molecule has 0 atom stereocenters. The van der Waals surface area contributed by atoms with E-state index in [0.29, 0.717) is 0 Å². The molecule has 0 unspecified atom stereocenters. The number of nitrogens with zero attached hydrogens (tertiary/aromatic N) is 3. The highest BCUT2D eigenvalue weighted by Gasteiger charge is 2.37. The number of aryl methyl sites for hydroxylation is 1. The third-order valence-corrected chi connectivity index (χ3v) is 5.27. The molecule has 1 N–H and O–H groups in total. The Balaban J connectivity index is 1.66. The minimum atomic E-state index is -0.165. The van der Waals surface area contributed by atoms with E-state index >= 15 is 0 Å². The molecule has 130 valence electrons. The predicted molar refractivity (Wildman–Crippen MR) is 103 cm³/mol. The standard InChI is InChI=1S/C19H22N4OS/c1-13-21-14(12-25-13)11-18(24)22-20-10-9-17-19(2,3)15-7-5-6-8-16(15)23(17)4/h5-10,12H,11H2,1-4H3,(H,22,24)/b17-9-,20-10-. The van der Waals surface area contributed by atoms with Crippen molar-refractivity contribution in [2.45, 2.75) is 32.6 Å². The van der Waals surface area contributed by atoms with Crippen LogP contribution in [0.1, 0.15) is 30.1 Å². The first-order chi connectivity index (χ1) is 11.9. The third-order valence-electron chi connectivity index (χ3n) is 4.44. The van der Waals surface area contributed by atoms with Crippen molar-refractivity contribution in [2.24, 2.45) is 5.10 Å². The lowest BCUT2D eigenvalue weighted by Crippen LogP contribution is -2.23. The highest BCUT2D eigenvalue weighted by atomic mass is 32.1. The lowest BCUT2D eigenvalue weighted by molar-refractivity contribution is -0.120. The number of hydrogen-bond donors (Lipinski definition) is 1. The average molecular weight is 354 g/mol. The van der Waals surface area contributed by atoms with Crippen LogP contribution in [-0.4, -0.2) is 24.2 Å². The van der Waals surface area contributed by atoms with Gasteiger partial charge in [0.05, 0.1) is 17.1 Å². The number of likely N-dealkylation sites (N-methyl/N-ethyl adjacent to an activating group) is 1. The van der Waals surface area contributed by atoms with Crippen molar-refractivity contribution in [1.82, 2.24) is 10.4 Å². The van der Waals surface area contributed by atoms with E-state index in [9.17, 15) is 4.79 Å². The Morgan fingerprint density at radius 1 is 1.40 bits per heavy atom. The Morgan fingerprint density at radius 3 is 2.84 bits per heavy atom. The van der Waals surface area contributed by atoms with E-state index in [1.807, 2.05) is 24.4 Å². The van der Waals surface area contributed by atoms with Crippen LogP contribution in [0.4, 0.5) is 5.69 Å². The largest absolute Gasteiger partial charge is 0.347 e. The second kappa shape index (κ2) is 6.80. The van der Waals surface area contributed by atoms with E-state index in [0.717, 1.165) is 16.4 Å². The molecule has 1 aliphatic rings. The molecular weight excluding hydrogens is 332 g/mol. The topological polar surface area (TPSA) is 57.6 Å². The monoisotopic (exact) mass is 354 g/mol. The van der Waals surface area contributed by atoms with Gasteiger partial charge in [-0.1, -0.05) is 32.0 Å². The molecule has 1 aromatic heterocycles. The molecule has 5 nitrogen and oxygen atoms in total. The molecule has 1 amide bonds. The summed E-state index contributed by atoms with van der Waals surface area (Å²) in [7, 11) is 2.05. The van der Waals surface area contributed by atoms with Crippen molar-refractivity contribution in [3.63, 3.8) is 0 Å². The Bertz CT molecular complexity index is 851. The number of rotatable bonds is 4. The van der Waals surface area contributed by atoms with Gasteiger partial charge >= 0.3 is 0 Å². The van der Waals surface area contributed by atoms with Crippen molar-refractivity contribution >= 4 is 29.1 Å². The van der Waals surface area contributed by atoms with E-state index in [1.165, 1.54) is 11.3 Å². The van der Waals surface area contributed by atoms with Crippen molar-refractivity contribution in [3.05, 3.63) is 57.7 Å². The van der Waals surface area contributed by atoms with E-state index < -0.39 is 0 Å². The quantitative estimate of drug-likeness (QED) is 0.676. The molecule has 25 heavy (non-hydrogen) atoms. The van der Waals surface area contributed by atoms with Crippen molar-refractivity contribution in [3.8, 4) is 0 Å². The number of carbonyl (C=O) groups is 1. The van der Waals surface area contributed by atoms with Crippen LogP contribution in [0.5, 0.6) is 0 Å². The normalized spacial score (nSPS) is 17.3. The summed E-state index contributed by atoms with van der Waals surface area (Å²) in [6.07, 6.45) is 3.84. The van der Waals surface area contributed by atoms with E-state index in [4.69, 9.17) is 0 Å². The number of benzene rings is 1. The van der Waals surface area contributed by atoms with Gasteiger partial charge in [0.15, 0.2) is 0 Å². The maximum Gasteiger partial charge on any atom is 0.246 e. The first-order valence-electron chi connectivity index (χ1n) is 8.16. The number of allylic oxidation sites excluding steroid dienone is 2. The van der Waals surface area contributed by atoms with Crippen LogP contribution < -0.4 is 10.3 Å². The number of hydrogen-bond acceptors (Lipinski definition) is 5. The molecule has 0 fully saturated rings. The van der Waals surface area contributed by atoms with E-state index in [2.05, 4.69) is 59.5 Å². The molecule has 2 heterocycles. The molecule has 1 aliphatic heterocycles. The zero-order chi connectivity index (χ0) is 18.0. The molecule has 1 aromatic carbocycles. The second-order valence-corrected chi connectivity index (χ2v) is 7.66. The van der Waals surface area contributed by atoms with Crippen LogP contribution in [0, 0.1) is 6.92 Å². The summed E-state index contributed by atoms with van der Waals surface area (Å²) in [5.41, 5.74) is 6.88. The van der Waals surface area contributed by atoms with Gasteiger partial charge in [0.25, 0.3) is 0 Å². The van der Waals surface area contributed by atoms with Gasteiger partial charge in [-0.15, -0.1) is 11.3 Å². The van der Waals surface area contributed by atoms with Crippen molar-refractivity contribution in [1.29, 1.82) is 0 Å². The number of para-hydroxylation sites is 1. The third kappa shape index (κ3) is 3.49. The zero-order valence-corrected chi connectivity index (χ0v) is 15.7. The smallest absolute Gasteiger partial charge is 0.246 e. The van der Waals surface area contributed by atoms with Crippen LogP contribution in [0.25, 0.3) is 0 Å². The predicted octanol–water partition coefficient (Wildman–Crippen LogP) is 3.41. The van der Waals surface area contributed by atoms with Gasteiger partial charge in [0, 0.05) is 35.4 Å². The van der Waals surface area contributed by atoms with E-state index in [-0.39, 0.29) is 17.7 Å². The number of carbonyl (C=O) groups excluding carboxylic acids is 1. The molecule has 2 aromatic rings. The van der Waals surface area contributed by atoms with Gasteiger partial charge in [0.2, 0.25) is 5.91 Å². The highest BCUT2D eigenvalue weighted by Crippen LogP contribution is 2.46. The lowest BCUT2D eigenvalue weighted by atomic mass is 9.84. The number of fused-ring (bicyclic) bond motifs is 1. The summed E-state index contributed by atoms with van der Waals surface area (Å²) >= 11 is 1.54. The van der Waals surface area contributed by atoms with Gasteiger partial charge in [-0.05, 0) is 24.6 Å². The average Bonchev–Trinajstić information content (AvgIpc) is 3.06. The van der Waals surface area contributed by atoms with Gasteiger partial charge in [-0.2, -0.15) is 5.10 Å². The van der Waals surface area contributed by atoms with Crippen molar-refractivity contribution in [2.75, 3.05) is 11.9 Å². The SMILES string of the molecule is Cc1nc(CC(=O)N/N=C\C=C2/N(C)c3ccccc3C2(C)C)cs1. The fourth-order valence-corrected chi connectivity index (χ4v) is 3.82. The fraction of sp³-hybridized carbons (Fsp3) is 0.316. The van der Waals surface area contributed by atoms with Gasteiger partial charge in [0.1, 0.15) is 0 Å². The van der Waals surface area contributed by atoms with Gasteiger partial charge in [-0.3, -0.25) is 4.79 Å². The molecule has 0 aliphatic carbocycles. The van der Waals surface area contributed by atoms with Crippen LogP contribution in [0.2, 0.25) is 0 Å². The molecule has 0 radical (unpaired) electrons. The van der Waals surface area contributed by atoms with Crippen LogP contribution in [-0.2, 0) is 16.6 Å². The number of amides is 1. The minimum absolute atomic E-state index is 0.0977. The Hall–Kier alpha value is -2.47. The van der Waals surface area contributed by atoms with Gasteiger partial charge < -0.3 is 4.90 Å². The van der Waals surface area contributed by atoms with Gasteiger partial charge in [-0.25, -0.2) is 10.4 Å². The molecule has 0 bridgehead atoms. The Kier molecular flexibility index (Phi) is 4.72. The molecule has 0 saturated carbocycles. The summed E-state index contributed by atoms with van der Waals surface area (Å²) in [5, 5.41) is 6.91. The number of aromatic nitrogens is 1. The first-order valence-corrected chi connectivity index (χ1v) is 9.04. The van der Waals surface area contributed by atoms with Crippen LogP contribution in [0.15, 0.2) is 46.5 Å².